The number of methoxy groups -OCH3 is 1. The molecule has 18 heavy (non-hydrogen) atoms. The summed E-state index contributed by atoms with van der Waals surface area (Å²) >= 11 is 12.0. The van der Waals surface area contributed by atoms with E-state index in [0.29, 0.717) is 10.0 Å². The zero-order chi connectivity index (χ0) is 13.0. The highest BCUT2D eigenvalue weighted by Crippen LogP contribution is 2.26. The van der Waals surface area contributed by atoms with E-state index in [2.05, 4.69) is 14.8 Å². The molecule has 1 aromatic rings. The third kappa shape index (κ3) is 3.48. The molecule has 0 amide bonds. The molecule has 1 aromatic heterocycles. The van der Waals surface area contributed by atoms with Gasteiger partial charge in [-0.05, 0) is 6.07 Å². The van der Waals surface area contributed by atoms with Crippen LogP contribution in [0.5, 0.6) is 0 Å². The minimum absolute atomic E-state index is 0.572. The van der Waals surface area contributed by atoms with Gasteiger partial charge in [0.2, 0.25) is 0 Å². The molecule has 0 radical (unpaired) electrons. The maximum atomic E-state index is 6.16. The normalized spacial score (nSPS) is 17.2. The number of rotatable bonds is 4. The van der Waals surface area contributed by atoms with Crippen molar-refractivity contribution in [2.45, 2.75) is 0 Å². The molecule has 1 aliphatic rings. The summed E-state index contributed by atoms with van der Waals surface area (Å²) in [7, 11) is 1.73. The Morgan fingerprint density at radius 1 is 1.28 bits per heavy atom. The fourth-order valence-electron chi connectivity index (χ4n) is 2.04. The van der Waals surface area contributed by atoms with Crippen molar-refractivity contribution in [3.05, 3.63) is 22.3 Å². The van der Waals surface area contributed by atoms with Gasteiger partial charge in [-0.1, -0.05) is 23.2 Å². The van der Waals surface area contributed by atoms with Crippen LogP contribution in [0.2, 0.25) is 10.0 Å². The first-order valence-corrected chi connectivity index (χ1v) is 6.73. The fraction of sp³-hybridized carbons (Fsp3) is 0.583. The molecule has 0 unspecified atom stereocenters. The molecule has 1 aliphatic heterocycles. The van der Waals surface area contributed by atoms with Crippen LogP contribution in [0.3, 0.4) is 0 Å². The Labute approximate surface area is 117 Å². The van der Waals surface area contributed by atoms with Crippen LogP contribution in [-0.4, -0.2) is 56.3 Å². The van der Waals surface area contributed by atoms with Crippen LogP contribution >= 0.6 is 23.2 Å². The molecule has 1 saturated heterocycles. The first-order chi connectivity index (χ1) is 8.70. The summed E-state index contributed by atoms with van der Waals surface area (Å²) in [5.41, 5.74) is 0. The highest BCUT2D eigenvalue weighted by atomic mass is 35.5. The molecule has 0 atom stereocenters. The largest absolute Gasteiger partial charge is 0.383 e. The van der Waals surface area contributed by atoms with E-state index in [1.807, 2.05) is 0 Å². The molecule has 0 N–H and O–H groups in total. The average Bonchev–Trinajstić information content (AvgIpc) is 2.37. The summed E-state index contributed by atoms with van der Waals surface area (Å²) in [4.78, 5) is 8.88. The van der Waals surface area contributed by atoms with Crippen LogP contribution in [0.25, 0.3) is 0 Å². The summed E-state index contributed by atoms with van der Waals surface area (Å²) in [6.45, 7) is 5.62. The van der Waals surface area contributed by atoms with Gasteiger partial charge in [-0.15, -0.1) is 0 Å². The van der Waals surface area contributed by atoms with Gasteiger partial charge in [0.25, 0.3) is 0 Å². The maximum Gasteiger partial charge on any atom is 0.147 e. The van der Waals surface area contributed by atoms with E-state index in [0.717, 1.165) is 45.1 Å². The molecule has 100 valence electrons. The van der Waals surface area contributed by atoms with Crippen molar-refractivity contribution in [2.75, 3.05) is 51.3 Å². The molecule has 0 spiro atoms. The lowest BCUT2D eigenvalue weighted by Gasteiger charge is -2.35. The number of nitrogens with zero attached hydrogens (tertiary/aromatic N) is 3. The Bertz CT molecular complexity index is 395. The molecule has 0 saturated carbocycles. The van der Waals surface area contributed by atoms with Crippen LogP contribution in [0.1, 0.15) is 0 Å². The van der Waals surface area contributed by atoms with Gasteiger partial charge in [-0.25, -0.2) is 4.98 Å². The van der Waals surface area contributed by atoms with E-state index in [9.17, 15) is 0 Å². The first kappa shape index (κ1) is 13.9. The lowest BCUT2D eigenvalue weighted by molar-refractivity contribution is 0.144. The number of anilines is 1. The third-order valence-corrected chi connectivity index (χ3v) is 3.56. The van der Waals surface area contributed by atoms with E-state index in [1.54, 1.807) is 19.4 Å². The Kier molecular flexibility index (Phi) is 5.06. The average molecular weight is 290 g/mol. The van der Waals surface area contributed by atoms with Gasteiger partial charge in [0, 0.05) is 46.0 Å². The summed E-state index contributed by atoms with van der Waals surface area (Å²) in [6, 6.07) is 1.74. The molecular weight excluding hydrogens is 273 g/mol. The Morgan fingerprint density at radius 3 is 2.61 bits per heavy atom. The smallest absolute Gasteiger partial charge is 0.147 e. The van der Waals surface area contributed by atoms with Crippen LogP contribution in [-0.2, 0) is 4.74 Å². The van der Waals surface area contributed by atoms with Gasteiger partial charge in [-0.2, -0.15) is 0 Å². The van der Waals surface area contributed by atoms with Crippen LogP contribution < -0.4 is 4.90 Å². The maximum absolute atomic E-state index is 6.16. The zero-order valence-corrected chi connectivity index (χ0v) is 11.9. The van der Waals surface area contributed by atoms with Gasteiger partial charge >= 0.3 is 0 Å². The topological polar surface area (TPSA) is 28.6 Å². The predicted octanol–water partition coefficient (Wildman–Crippen LogP) is 2.16. The first-order valence-electron chi connectivity index (χ1n) is 5.98. The van der Waals surface area contributed by atoms with Crippen molar-refractivity contribution in [2.24, 2.45) is 0 Å². The number of hydrogen-bond acceptors (Lipinski definition) is 4. The lowest BCUT2D eigenvalue weighted by atomic mass is 10.3. The molecule has 0 aromatic carbocycles. The Balaban J connectivity index is 1.93. The quantitative estimate of drug-likeness (QED) is 0.849. The van der Waals surface area contributed by atoms with Crippen molar-refractivity contribution in [1.82, 2.24) is 9.88 Å². The van der Waals surface area contributed by atoms with E-state index in [-0.39, 0.29) is 0 Å². The number of hydrogen-bond donors (Lipinski definition) is 0. The second-order valence-corrected chi connectivity index (χ2v) is 5.12. The SMILES string of the molecule is COCCN1CCN(c2ncc(Cl)cc2Cl)CC1. The van der Waals surface area contributed by atoms with Crippen LogP contribution in [0, 0.1) is 0 Å². The number of piperazine rings is 1. The van der Waals surface area contributed by atoms with E-state index >= 15 is 0 Å². The standard InChI is InChI=1S/C12H17Cl2N3O/c1-18-7-6-16-2-4-17(5-3-16)12-11(14)8-10(13)9-15-12/h8-9H,2-7H2,1H3. The van der Waals surface area contributed by atoms with Gasteiger partial charge in [0.05, 0.1) is 16.7 Å². The van der Waals surface area contributed by atoms with Crippen LogP contribution in [0.4, 0.5) is 5.82 Å². The number of pyridine rings is 1. The Hall–Kier alpha value is -0.550. The second kappa shape index (κ2) is 6.57. The van der Waals surface area contributed by atoms with E-state index in [1.165, 1.54) is 0 Å². The molecule has 2 rings (SSSR count). The minimum Gasteiger partial charge on any atom is -0.383 e. The second-order valence-electron chi connectivity index (χ2n) is 4.28. The fourth-order valence-corrected chi connectivity index (χ4v) is 2.54. The molecule has 4 nitrogen and oxygen atoms in total. The summed E-state index contributed by atoms with van der Waals surface area (Å²) in [6.07, 6.45) is 1.64. The molecular formula is C12H17Cl2N3O. The summed E-state index contributed by atoms with van der Waals surface area (Å²) in [5, 5.41) is 1.19. The number of halogens is 2. The van der Waals surface area contributed by atoms with Crippen LogP contribution in [0.15, 0.2) is 12.3 Å². The highest BCUT2D eigenvalue weighted by molar-refractivity contribution is 6.36. The molecule has 1 fully saturated rings. The summed E-state index contributed by atoms with van der Waals surface area (Å²) in [5.74, 6) is 0.826. The van der Waals surface area contributed by atoms with Gasteiger partial charge < -0.3 is 9.64 Å². The van der Waals surface area contributed by atoms with Gasteiger partial charge in [0.15, 0.2) is 0 Å². The molecule has 0 bridgehead atoms. The molecule has 2 heterocycles. The number of aromatic nitrogens is 1. The highest BCUT2D eigenvalue weighted by Gasteiger charge is 2.19. The predicted molar refractivity (Wildman–Crippen MR) is 74.8 cm³/mol. The van der Waals surface area contributed by atoms with E-state index < -0.39 is 0 Å². The molecule has 0 aliphatic carbocycles. The third-order valence-electron chi connectivity index (χ3n) is 3.07. The molecule has 6 heteroatoms. The zero-order valence-electron chi connectivity index (χ0n) is 10.4. The minimum atomic E-state index is 0.572. The van der Waals surface area contributed by atoms with Gasteiger partial charge in [0.1, 0.15) is 5.82 Å². The number of ether oxygens (including phenoxy) is 1. The van der Waals surface area contributed by atoms with E-state index in [4.69, 9.17) is 27.9 Å². The monoisotopic (exact) mass is 289 g/mol. The van der Waals surface area contributed by atoms with Crippen molar-refractivity contribution >= 4 is 29.0 Å². The summed E-state index contributed by atoms with van der Waals surface area (Å²) < 4.78 is 5.08. The lowest BCUT2D eigenvalue weighted by Crippen LogP contribution is -2.47. The van der Waals surface area contributed by atoms with Crippen molar-refractivity contribution < 1.29 is 4.74 Å². The Morgan fingerprint density at radius 2 is 2.00 bits per heavy atom. The van der Waals surface area contributed by atoms with Crippen molar-refractivity contribution in [3.63, 3.8) is 0 Å². The van der Waals surface area contributed by atoms with Gasteiger partial charge in [-0.3, -0.25) is 4.90 Å². The van der Waals surface area contributed by atoms with Crippen molar-refractivity contribution in [1.29, 1.82) is 0 Å². The van der Waals surface area contributed by atoms with Crippen molar-refractivity contribution in [3.8, 4) is 0 Å².